The molecular formula is C7H12N2O5. The number of ether oxygens (including phenoxy) is 1. The normalized spacial score (nSPS) is 20.4. The third-order valence-electron chi connectivity index (χ3n) is 1.87. The number of hydrogen-bond acceptors (Lipinski definition) is 3. The van der Waals surface area contributed by atoms with E-state index in [2.05, 4.69) is 0 Å². The Morgan fingerprint density at radius 1 is 1.50 bits per heavy atom. The second-order valence-corrected chi connectivity index (χ2v) is 2.95. The first kappa shape index (κ1) is 10.6. The summed E-state index contributed by atoms with van der Waals surface area (Å²) < 4.78 is 5.18. The minimum absolute atomic E-state index is 0.0294. The van der Waals surface area contributed by atoms with Crippen molar-refractivity contribution >= 4 is 12.2 Å². The summed E-state index contributed by atoms with van der Waals surface area (Å²) in [5.41, 5.74) is 1.78. The Balaban J connectivity index is 2.41. The van der Waals surface area contributed by atoms with E-state index in [1.54, 1.807) is 5.43 Å². The van der Waals surface area contributed by atoms with Gasteiger partial charge in [-0.1, -0.05) is 0 Å². The molecule has 7 heteroatoms. The summed E-state index contributed by atoms with van der Waals surface area (Å²) in [5.74, 6) is 0. The van der Waals surface area contributed by atoms with E-state index in [-0.39, 0.29) is 12.6 Å². The Hall–Kier alpha value is -1.50. The van der Waals surface area contributed by atoms with Gasteiger partial charge in [0.25, 0.3) is 0 Å². The minimum atomic E-state index is -1.40. The van der Waals surface area contributed by atoms with Crippen LogP contribution in [0, 0.1) is 0 Å². The zero-order valence-electron chi connectivity index (χ0n) is 7.47. The standard InChI is InChI=1S/C7H12N2O5/c10-6(11)8-9(7(12)13)4-5-2-1-3-14-5/h5,8H,1-4H2,(H,10,11)(H,12,13). The van der Waals surface area contributed by atoms with Crippen molar-refractivity contribution in [2.45, 2.75) is 18.9 Å². The molecular weight excluding hydrogens is 192 g/mol. The third kappa shape index (κ3) is 3.09. The van der Waals surface area contributed by atoms with Crippen molar-refractivity contribution in [2.24, 2.45) is 0 Å². The Kier molecular flexibility index (Phi) is 3.52. The van der Waals surface area contributed by atoms with Gasteiger partial charge in [0.15, 0.2) is 0 Å². The highest BCUT2D eigenvalue weighted by Gasteiger charge is 2.23. The van der Waals surface area contributed by atoms with Crippen molar-refractivity contribution in [1.29, 1.82) is 0 Å². The predicted molar refractivity (Wildman–Crippen MR) is 44.9 cm³/mol. The van der Waals surface area contributed by atoms with Crippen LogP contribution in [-0.2, 0) is 4.74 Å². The zero-order valence-corrected chi connectivity index (χ0v) is 7.47. The van der Waals surface area contributed by atoms with Gasteiger partial charge in [0.2, 0.25) is 0 Å². The maximum atomic E-state index is 10.6. The van der Waals surface area contributed by atoms with Crippen LogP contribution in [0.3, 0.4) is 0 Å². The minimum Gasteiger partial charge on any atom is -0.464 e. The topological polar surface area (TPSA) is 99.1 Å². The fourth-order valence-corrected chi connectivity index (χ4v) is 1.28. The molecule has 0 aromatic heterocycles. The Bertz CT molecular complexity index is 226. The van der Waals surface area contributed by atoms with Gasteiger partial charge in [-0.25, -0.2) is 20.0 Å². The predicted octanol–water partition coefficient (Wildman–Crippen LogP) is 0.328. The van der Waals surface area contributed by atoms with Gasteiger partial charge in [-0.2, -0.15) is 0 Å². The van der Waals surface area contributed by atoms with Gasteiger partial charge >= 0.3 is 12.2 Å². The summed E-state index contributed by atoms with van der Waals surface area (Å²) in [4.78, 5) is 20.8. The van der Waals surface area contributed by atoms with E-state index in [1.807, 2.05) is 0 Å². The number of amides is 2. The van der Waals surface area contributed by atoms with Crippen LogP contribution in [0.2, 0.25) is 0 Å². The second kappa shape index (κ2) is 4.66. The van der Waals surface area contributed by atoms with Gasteiger partial charge in [0, 0.05) is 6.61 Å². The van der Waals surface area contributed by atoms with Crippen LogP contribution in [0.15, 0.2) is 0 Å². The molecule has 7 nitrogen and oxygen atoms in total. The monoisotopic (exact) mass is 204 g/mol. The highest BCUT2D eigenvalue weighted by atomic mass is 16.5. The van der Waals surface area contributed by atoms with Crippen molar-refractivity contribution in [1.82, 2.24) is 10.4 Å². The van der Waals surface area contributed by atoms with E-state index in [0.29, 0.717) is 11.6 Å². The second-order valence-electron chi connectivity index (χ2n) is 2.95. The number of carboxylic acid groups (broad SMARTS) is 2. The first-order valence-corrected chi connectivity index (χ1v) is 4.21. The van der Waals surface area contributed by atoms with Crippen molar-refractivity contribution in [3.8, 4) is 0 Å². The van der Waals surface area contributed by atoms with Gasteiger partial charge in [0.05, 0.1) is 12.6 Å². The van der Waals surface area contributed by atoms with Gasteiger partial charge in [-0.3, -0.25) is 0 Å². The molecule has 1 unspecified atom stereocenters. The molecule has 1 saturated heterocycles. The lowest BCUT2D eigenvalue weighted by Crippen LogP contribution is -2.48. The SMILES string of the molecule is O=C(O)NN(CC1CCCO1)C(=O)O. The average Bonchev–Trinajstić information content (AvgIpc) is 2.54. The highest BCUT2D eigenvalue weighted by molar-refractivity contribution is 5.71. The van der Waals surface area contributed by atoms with E-state index >= 15 is 0 Å². The summed E-state index contributed by atoms with van der Waals surface area (Å²) in [7, 11) is 0. The first-order chi connectivity index (χ1) is 6.59. The number of hydrogen-bond donors (Lipinski definition) is 3. The van der Waals surface area contributed by atoms with E-state index in [4.69, 9.17) is 14.9 Å². The molecule has 3 N–H and O–H groups in total. The Morgan fingerprint density at radius 3 is 2.64 bits per heavy atom. The molecule has 0 radical (unpaired) electrons. The fourth-order valence-electron chi connectivity index (χ4n) is 1.28. The number of nitrogens with zero attached hydrogens (tertiary/aromatic N) is 1. The van der Waals surface area contributed by atoms with Crippen molar-refractivity contribution in [3.63, 3.8) is 0 Å². The van der Waals surface area contributed by atoms with Gasteiger partial charge < -0.3 is 14.9 Å². The Morgan fingerprint density at radius 2 is 2.21 bits per heavy atom. The van der Waals surface area contributed by atoms with Gasteiger partial charge in [0.1, 0.15) is 0 Å². The van der Waals surface area contributed by atoms with Gasteiger partial charge in [-0.05, 0) is 12.8 Å². The number of rotatable bonds is 2. The molecule has 0 bridgehead atoms. The summed E-state index contributed by atoms with van der Waals surface area (Å²) in [6, 6.07) is 0. The fraction of sp³-hybridized carbons (Fsp3) is 0.714. The van der Waals surface area contributed by atoms with E-state index in [1.165, 1.54) is 0 Å². The lowest BCUT2D eigenvalue weighted by molar-refractivity contribution is 0.0515. The largest absolute Gasteiger partial charge is 0.464 e. The van der Waals surface area contributed by atoms with Crippen molar-refractivity contribution in [3.05, 3.63) is 0 Å². The Labute approximate surface area is 80.2 Å². The van der Waals surface area contributed by atoms with Crippen molar-refractivity contribution < 1.29 is 24.5 Å². The molecule has 0 aliphatic carbocycles. The molecule has 1 aliphatic rings. The van der Waals surface area contributed by atoms with Crippen LogP contribution in [0.5, 0.6) is 0 Å². The molecule has 14 heavy (non-hydrogen) atoms. The number of carbonyl (C=O) groups is 2. The van der Waals surface area contributed by atoms with E-state index in [0.717, 1.165) is 12.8 Å². The molecule has 0 aromatic carbocycles. The molecule has 1 rings (SSSR count). The molecule has 1 fully saturated rings. The zero-order chi connectivity index (χ0) is 10.6. The third-order valence-corrected chi connectivity index (χ3v) is 1.87. The van der Waals surface area contributed by atoms with Crippen LogP contribution in [-0.4, -0.2) is 46.7 Å². The maximum absolute atomic E-state index is 10.6. The number of nitrogens with one attached hydrogen (secondary N) is 1. The average molecular weight is 204 g/mol. The molecule has 1 aliphatic heterocycles. The lowest BCUT2D eigenvalue weighted by atomic mass is 10.2. The van der Waals surface area contributed by atoms with Crippen LogP contribution in [0.1, 0.15) is 12.8 Å². The van der Waals surface area contributed by atoms with Crippen LogP contribution < -0.4 is 5.43 Å². The summed E-state index contributed by atoms with van der Waals surface area (Å²) in [6.07, 6.45) is -1.30. The molecule has 2 amide bonds. The van der Waals surface area contributed by atoms with Crippen LogP contribution in [0.25, 0.3) is 0 Å². The van der Waals surface area contributed by atoms with Crippen LogP contribution in [0.4, 0.5) is 9.59 Å². The number of hydrazine groups is 1. The molecule has 80 valence electrons. The highest BCUT2D eigenvalue weighted by Crippen LogP contribution is 2.12. The van der Waals surface area contributed by atoms with E-state index < -0.39 is 12.2 Å². The quantitative estimate of drug-likeness (QED) is 0.563. The molecule has 0 spiro atoms. The first-order valence-electron chi connectivity index (χ1n) is 4.21. The smallest absolute Gasteiger partial charge is 0.426 e. The van der Waals surface area contributed by atoms with E-state index in [9.17, 15) is 9.59 Å². The molecule has 0 aromatic rings. The summed E-state index contributed by atoms with van der Waals surface area (Å²) >= 11 is 0. The van der Waals surface area contributed by atoms with Crippen molar-refractivity contribution in [2.75, 3.05) is 13.2 Å². The summed E-state index contributed by atoms with van der Waals surface area (Å²) in [5, 5.41) is 17.6. The van der Waals surface area contributed by atoms with Gasteiger partial charge in [-0.15, -0.1) is 0 Å². The lowest BCUT2D eigenvalue weighted by Gasteiger charge is -2.20. The maximum Gasteiger partial charge on any atom is 0.426 e. The van der Waals surface area contributed by atoms with Crippen LogP contribution >= 0.6 is 0 Å². The molecule has 0 saturated carbocycles. The molecule has 1 heterocycles. The molecule has 1 atom stereocenters. The summed E-state index contributed by atoms with van der Waals surface area (Å²) in [6.45, 7) is 0.632.